The molecule has 1 aliphatic heterocycles. The highest BCUT2D eigenvalue weighted by Gasteiger charge is 2.39. The minimum absolute atomic E-state index is 0.00409. The first kappa shape index (κ1) is 23.2. The summed E-state index contributed by atoms with van der Waals surface area (Å²) in [6, 6.07) is 7.76. The molecule has 2 aromatic heterocycles. The first-order valence-electron chi connectivity index (χ1n) is 11.4. The summed E-state index contributed by atoms with van der Waals surface area (Å²) in [4.78, 5) is 41.2. The SMILES string of the molecule is Cc1ncc(C(C(=O)N2CCC[C@H]2C(=O)NCc2ccc(-c3scnc3C)cc2)C(C)C)[nH]1. The molecule has 1 unspecified atom stereocenters. The number of imidazole rings is 1. The van der Waals surface area contributed by atoms with Crippen LogP contribution in [0, 0.1) is 19.8 Å². The van der Waals surface area contributed by atoms with Gasteiger partial charge in [0, 0.05) is 25.0 Å². The van der Waals surface area contributed by atoms with Gasteiger partial charge in [0.05, 0.1) is 22.0 Å². The lowest BCUT2D eigenvalue weighted by Gasteiger charge is -2.29. The van der Waals surface area contributed by atoms with Crippen molar-refractivity contribution >= 4 is 23.2 Å². The summed E-state index contributed by atoms with van der Waals surface area (Å²) in [6.45, 7) is 8.99. The molecule has 2 N–H and O–H groups in total. The van der Waals surface area contributed by atoms with Crippen molar-refractivity contribution < 1.29 is 9.59 Å². The third-order valence-electron chi connectivity index (χ3n) is 6.26. The molecule has 0 radical (unpaired) electrons. The van der Waals surface area contributed by atoms with E-state index in [0.717, 1.165) is 39.6 Å². The number of nitrogens with one attached hydrogen (secondary N) is 2. The van der Waals surface area contributed by atoms with Gasteiger partial charge in [0.15, 0.2) is 0 Å². The Morgan fingerprint density at radius 3 is 2.58 bits per heavy atom. The van der Waals surface area contributed by atoms with Gasteiger partial charge in [-0.05, 0) is 43.7 Å². The van der Waals surface area contributed by atoms with Crippen LogP contribution < -0.4 is 5.32 Å². The Hall–Kier alpha value is -3.00. The summed E-state index contributed by atoms with van der Waals surface area (Å²) in [5.74, 6) is 0.461. The average molecular weight is 466 g/mol. The molecule has 4 rings (SSSR count). The van der Waals surface area contributed by atoms with E-state index in [1.54, 1.807) is 22.4 Å². The van der Waals surface area contributed by atoms with Crippen molar-refractivity contribution in [1.29, 1.82) is 0 Å². The number of H-pyrrole nitrogens is 1. The molecular weight excluding hydrogens is 434 g/mol. The van der Waals surface area contributed by atoms with Crippen LogP contribution in [0.1, 0.15) is 55.4 Å². The summed E-state index contributed by atoms with van der Waals surface area (Å²) >= 11 is 1.63. The monoisotopic (exact) mass is 465 g/mol. The van der Waals surface area contributed by atoms with Crippen molar-refractivity contribution in [3.8, 4) is 10.4 Å². The number of thiazole rings is 1. The number of benzene rings is 1. The van der Waals surface area contributed by atoms with Crippen LogP contribution in [0.4, 0.5) is 0 Å². The molecule has 0 saturated carbocycles. The van der Waals surface area contributed by atoms with Crippen molar-refractivity contribution in [1.82, 2.24) is 25.2 Å². The Labute approximate surface area is 198 Å². The quantitative estimate of drug-likeness (QED) is 0.547. The highest BCUT2D eigenvalue weighted by atomic mass is 32.1. The van der Waals surface area contributed by atoms with Crippen molar-refractivity contribution in [3.05, 3.63) is 58.7 Å². The fraction of sp³-hybridized carbons (Fsp3) is 0.440. The maximum Gasteiger partial charge on any atom is 0.243 e. The molecule has 7 nitrogen and oxygen atoms in total. The standard InChI is InChI=1S/C25H31N5O2S/c1-15(2)22(20-13-26-17(4)29-20)25(32)30-11-5-6-21(30)24(31)27-12-18-7-9-19(10-8-18)23-16(3)28-14-33-23/h7-10,13-15,21-22H,5-6,11-12H2,1-4H3,(H,26,29)(H,27,31)/t21-,22?/m0/s1. The second-order valence-electron chi connectivity index (χ2n) is 9.02. The van der Waals surface area contributed by atoms with Gasteiger partial charge in [-0.25, -0.2) is 9.97 Å². The molecule has 1 fully saturated rings. The van der Waals surface area contributed by atoms with Gasteiger partial charge >= 0.3 is 0 Å². The zero-order valence-corrected chi connectivity index (χ0v) is 20.4. The molecule has 0 aliphatic carbocycles. The van der Waals surface area contributed by atoms with Gasteiger partial charge < -0.3 is 15.2 Å². The number of likely N-dealkylation sites (tertiary alicyclic amines) is 1. The third kappa shape index (κ3) is 5.00. The zero-order chi connectivity index (χ0) is 23.5. The number of amides is 2. The Morgan fingerprint density at radius 1 is 1.21 bits per heavy atom. The van der Waals surface area contributed by atoms with E-state index in [1.165, 1.54) is 0 Å². The largest absolute Gasteiger partial charge is 0.350 e. The van der Waals surface area contributed by atoms with Gasteiger partial charge in [-0.1, -0.05) is 38.1 Å². The molecule has 1 aromatic carbocycles. The minimum Gasteiger partial charge on any atom is -0.350 e. The van der Waals surface area contributed by atoms with E-state index in [1.807, 2.05) is 45.3 Å². The minimum atomic E-state index is -0.429. The number of nitrogens with zero attached hydrogens (tertiary/aromatic N) is 3. The maximum atomic E-state index is 13.5. The predicted molar refractivity (Wildman–Crippen MR) is 130 cm³/mol. The second kappa shape index (κ2) is 9.87. The van der Waals surface area contributed by atoms with Crippen molar-refractivity contribution in [2.24, 2.45) is 5.92 Å². The second-order valence-corrected chi connectivity index (χ2v) is 9.87. The molecule has 3 heterocycles. The predicted octanol–water partition coefficient (Wildman–Crippen LogP) is 4.20. The Bertz CT molecular complexity index is 1120. The molecule has 174 valence electrons. The Morgan fingerprint density at radius 2 is 1.97 bits per heavy atom. The summed E-state index contributed by atoms with van der Waals surface area (Å²) in [6.07, 6.45) is 3.26. The normalized spacial score (nSPS) is 16.9. The van der Waals surface area contributed by atoms with Crippen molar-refractivity contribution in [3.63, 3.8) is 0 Å². The number of hydrogen-bond acceptors (Lipinski definition) is 5. The molecule has 33 heavy (non-hydrogen) atoms. The van der Waals surface area contributed by atoms with Crippen LogP contribution in [0.25, 0.3) is 10.4 Å². The summed E-state index contributed by atoms with van der Waals surface area (Å²) in [5.41, 5.74) is 5.85. The van der Waals surface area contributed by atoms with Crippen LogP contribution in [0.2, 0.25) is 0 Å². The first-order valence-corrected chi connectivity index (χ1v) is 12.3. The van der Waals surface area contributed by atoms with Gasteiger partial charge in [-0.3, -0.25) is 9.59 Å². The average Bonchev–Trinajstić information content (AvgIpc) is 3.53. The van der Waals surface area contributed by atoms with E-state index < -0.39 is 6.04 Å². The number of carbonyl (C=O) groups is 2. The smallest absolute Gasteiger partial charge is 0.243 e. The van der Waals surface area contributed by atoms with Gasteiger partial charge in [-0.15, -0.1) is 11.3 Å². The van der Waals surface area contributed by atoms with E-state index in [2.05, 4.69) is 32.4 Å². The van der Waals surface area contributed by atoms with Crippen LogP contribution in [0.5, 0.6) is 0 Å². The number of rotatable bonds is 7. The van der Waals surface area contributed by atoms with Crippen LogP contribution in [-0.2, 0) is 16.1 Å². The van der Waals surface area contributed by atoms with Gasteiger partial charge in [0.25, 0.3) is 0 Å². The number of aromatic amines is 1. The molecule has 2 amide bonds. The Balaban J connectivity index is 1.40. The Kier molecular flexibility index (Phi) is 6.93. The summed E-state index contributed by atoms with van der Waals surface area (Å²) in [7, 11) is 0. The van der Waals surface area contributed by atoms with E-state index >= 15 is 0 Å². The molecule has 8 heteroatoms. The highest BCUT2D eigenvalue weighted by Crippen LogP contribution is 2.30. The zero-order valence-electron chi connectivity index (χ0n) is 19.6. The molecule has 1 aliphatic rings. The van der Waals surface area contributed by atoms with Gasteiger partial charge in [0.2, 0.25) is 11.8 Å². The van der Waals surface area contributed by atoms with Crippen LogP contribution in [0.3, 0.4) is 0 Å². The molecule has 3 aromatic rings. The van der Waals surface area contributed by atoms with Crippen LogP contribution >= 0.6 is 11.3 Å². The fourth-order valence-corrected chi connectivity index (χ4v) is 5.33. The van der Waals surface area contributed by atoms with Crippen molar-refractivity contribution in [2.75, 3.05) is 6.54 Å². The summed E-state index contributed by atoms with van der Waals surface area (Å²) in [5, 5.41) is 3.04. The lowest BCUT2D eigenvalue weighted by Crippen LogP contribution is -2.48. The van der Waals surface area contributed by atoms with Crippen molar-refractivity contribution in [2.45, 2.75) is 59.0 Å². The number of aromatic nitrogens is 3. The molecule has 1 saturated heterocycles. The number of hydrogen-bond donors (Lipinski definition) is 2. The van der Waals surface area contributed by atoms with E-state index in [4.69, 9.17) is 0 Å². The maximum absolute atomic E-state index is 13.5. The first-order chi connectivity index (χ1) is 15.8. The van der Waals surface area contributed by atoms with Crippen LogP contribution in [0.15, 0.2) is 36.0 Å². The molecule has 0 spiro atoms. The lowest BCUT2D eigenvalue weighted by atomic mass is 9.91. The molecule has 2 atom stereocenters. The van der Waals surface area contributed by atoms with E-state index in [0.29, 0.717) is 19.5 Å². The number of carbonyl (C=O) groups excluding carboxylic acids is 2. The molecular formula is C25H31N5O2S. The van der Waals surface area contributed by atoms with Gasteiger partial charge in [0.1, 0.15) is 11.9 Å². The van der Waals surface area contributed by atoms with E-state index in [-0.39, 0.29) is 23.7 Å². The van der Waals surface area contributed by atoms with Crippen LogP contribution in [-0.4, -0.2) is 44.3 Å². The van der Waals surface area contributed by atoms with E-state index in [9.17, 15) is 9.59 Å². The third-order valence-corrected chi connectivity index (χ3v) is 7.23. The fourth-order valence-electron chi connectivity index (χ4n) is 4.52. The molecule has 0 bridgehead atoms. The summed E-state index contributed by atoms with van der Waals surface area (Å²) < 4.78 is 0. The number of aryl methyl sites for hydroxylation is 2. The lowest BCUT2D eigenvalue weighted by molar-refractivity contribution is -0.140. The topological polar surface area (TPSA) is 91.0 Å². The van der Waals surface area contributed by atoms with Gasteiger partial charge in [-0.2, -0.15) is 0 Å². The highest BCUT2D eigenvalue weighted by molar-refractivity contribution is 7.13.